The van der Waals surface area contributed by atoms with Crippen molar-refractivity contribution in [3.8, 4) is 11.1 Å². The van der Waals surface area contributed by atoms with E-state index < -0.39 is 0 Å². The second-order valence-electron chi connectivity index (χ2n) is 4.79. The van der Waals surface area contributed by atoms with E-state index in [9.17, 15) is 4.79 Å². The van der Waals surface area contributed by atoms with E-state index in [0.717, 1.165) is 42.6 Å². The van der Waals surface area contributed by atoms with Gasteiger partial charge in [-0.05, 0) is 30.5 Å². The third-order valence-electron chi connectivity index (χ3n) is 3.52. The van der Waals surface area contributed by atoms with Gasteiger partial charge < -0.3 is 4.90 Å². The van der Waals surface area contributed by atoms with E-state index in [1.807, 2.05) is 41.3 Å². The van der Waals surface area contributed by atoms with Crippen molar-refractivity contribution in [2.75, 3.05) is 13.1 Å². The fraction of sp³-hybridized carbons (Fsp3) is 0.250. The topological polar surface area (TPSA) is 33.2 Å². The van der Waals surface area contributed by atoms with Crippen molar-refractivity contribution in [1.82, 2.24) is 9.88 Å². The summed E-state index contributed by atoms with van der Waals surface area (Å²) in [5.41, 5.74) is 2.73. The molecule has 19 heavy (non-hydrogen) atoms. The maximum Gasteiger partial charge on any atom is 0.254 e. The molecule has 3 nitrogen and oxygen atoms in total. The van der Waals surface area contributed by atoms with Crippen LogP contribution in [0.5, 0.6) is 0 Å². The number of carbonyl (C=O) groups is 1. The number of nitrogens with zero attached hydrogens (tertiary/aromatic N) is 2. The second kappa shape index (κ2) is 5.22. The van der Waals surface area contributed by atoms with Crippen LogP contribution in [0.1, 0.15) is 23.2 Å². The number of hydrogen-bond acceptors (Lipinski definition) is 2. The molecule has 1 aliphatic heterocycles. The minimum atomic E-state index is 0.136. The molecule has 0 aliphatic carbocycles. The van der Waals surface area contributed by atoms with Crippen LogP contribution >= 0.6 is 0 Å². The zero-order valence-corrected chi connectivity index (χ0v) is 10.7. The van der Waals surface area contributed by atoms with Crippen molar-refractivity contribution in [3.05, 3.63) is 54.4 Å². The Hall–Kier alpha value is -2.16. The molecule has 0 atom stereocenters. The van der Waals surface area contributed by atoms with Gasteiger partial charge in [0.1, 0.15) is 0 Å². The number of pyridine rings is 1. The summed E-state index contributed by atoms with van der Waals surface area (Å²) in [6, 6.07) is 11.7. The predicted molar refractivity (Wildman–Crippen MR) is 74.8 cm³/mol. The maximum atomic E-state index is 12.5. The minimum Gasteiger partial charge on any atom is -0.339 e. The summed E-state index contributed by atoms with van der Waals surface area (Å²) in [6.07, 6.45) is 5.77. The summed E-state index contributed by atoms with van der Waals surface area (Å²) < 4.78 is 0. The van der Waals surface area contributed by atoms with Gasteiger partial charge in [-0.25, -0.2) is 0 Å². The lowest BCUT2D eigenvalue weighted by atomic mass is 10.0. The van der Waals surface area contributed by atoms with E-state index >= 15 is 0 Å². The number of aromatic nitrogens is 1. The molecule has 3 rings (SSSR count). The summed E-state index contributed by atoms with van der Waals surface area (Å²) in [7, 11) is 0. The van der Waals surface area contributed by atoms with E-state index in [1.165, 1.54) is 0 Å². The standard InChI is InChI=1S/C16H16N2O/c19-16(18-10-3-4-11-18)15-8-2-1-7-14(15)13-6-5-9-17-12-13/h1-2,5-9,12H,3-4,10-11H2. The van der Waals surface area contributed by atoms with Gasteiger partial charge in [0.25, 0.3) is 5.91 Å². The van der Waals surface area contributed by atoms with Gasteiger partial charge >= 0.3 is 0 Å². The van der Waals surface area contributed by atoms with Crippen LogP contribution in [0.15, 0.2) is 48.8 Å². The maximum absolute atomic E-state index is 12.5. The molecule has 1 aliphatic rings. The Morgan fingerprint density at radius 2 is 1.84 bits per heavy atom. The lowest BCUT2D eigenvalue weighted by Gasteiger charge is -2.17. The summed E-state index contributed by atoms with van der Waals surface area (Å²) in [5, 5.41) is 0. The van der Waals surface area contributed by atoms with Crippen LogP contribution in [0, 0.1) is 0 Å². The minimum absolute atomic E-state index is 0.136. The van der Waals surface area contributed by atoms with Gasteiger partial charge in [0.15, 0.2) is 0 Å². The molecule has 0 spiro atoms. The first kappa shape index (κ1) is 11.9. The molecule has 1 fully saturated rings. The van der Waals surface area contributed by atoms with Gasteiger partial charge in [-0.2, -0.15) is 0 Å². The van der Waals surface area contributed by atoms with Gasteiger partial charge in [-0.3, -0.25) is 9.78 Å². The van der Waals surface area contributed by atoms with Crippen LogP contribution in [0.3, 0.4) is 0 Å². The van der Waals surface area contributed by atoms with E-state index in [-0.39, 0.29) is 5.91 Å². The molecule has 96 valence electrons. The first-order valence-corrected chi connectivity index (χ1v) is 6.65. The Bertz CT molecular complexity index is 574. The van der Waals surface area contributed by atoms with E-state index in [1.54, 1.807) is 12.4 Å². The Morgan fingerprint density at radius 3 is 2.58 bits per heavy atom. The van der Waals surface area contributed by atoms with Crippen molar-refractivity contribution >= 4 is 5.91 Å². The van der Waals surface area contributed by atoms with Crippen LogP contribution in [0.2, 0.25) is 0 Å². The van der Waals surface area contributed by atoms with Gasteiger partial charge in [-0.15, -0.1) is 0 Å². The summed E-state index contributed by atoms with van der Waals surface area (Å²) in [6.45, 7) is 1.75. The zero-order chi connectivity index (χ0) is 13.1. The molecule has 1 amide bonds. The zero-order valence-electron chi connectivity index (χ0n) is 10.7. The number of likely N-dealkylation sites (tertiary alicyclic amines) is 1. The second-order valence-corrected chi connectivity index (χ2v) is 4.79. The van der Waals surface area contributed by atoms with E-state index in [4.69, 9.17) is 0 Å². The average Bonchev–Trinajstić information content (AvgIpc) is 3.02. The van der Waals surface area contributed by atoms with Crippen LogP contribution < -0.4 is 0 Å². The normalized spacial score (nSPS) is 14.6. The third-order valence-corrected chi connectivity index (χ3v) is 3.52. The molecule has 0 saturated carbocycles. The highest BCUT2D eigenvalue weighted by atomic mass is 16.2. The van der Waals surface area contributed by atoms with Crippen molar-refractivity contribution in [3.63, 3.8) is 0 Å². The summed E-state index contributed by atoms with van der Waals surface area (Å²) in [4.78, 5) is 18.6. The number of rotatable bonds is 2. The van der Waals surface area contributed by atoms with Crippen LogP contribution in [-0.2, 0) is 0 Å². The Labute approximate surface area is 112 Å². The van der Waals surface area contributed by atoms with Crippen molar-refractivity contribution in [2.45, 2.75) is 12.8 Å². The monoisotopic (exact) mass is 252 g/mol. The van der Waals surface area contributed by atoms with Gasteiger partial charge in [-0.1, -0.05) is 24.3 Å². The molecule has 1 aromatic heterocycles. The molecule has 0 radical (unpaired) electrons. The van der Waals surface area contributed by atoms with E-state index in [2.05, 4.69) is 4.98 Å². The van der Waals surface area contributed by atoms with Gasteiger partial charge in [0.05, 0.1) is 0 Å². The summed E-state index contributed by atoms with van der Waals surface area (Å²) in [5.74, 6) is 0.136. The third kappa shape index (κ3) is 2.36. The molecule has 1 aromatic carbocycles. The molecular formula is C16H16N2O. The molecule has 1 saturated heterocycles. The fourth-order valence-corrected chi connectivity index (χ4v) is 2.53. The SMILES string of the molecule is O=C(c1ccccc1-c1cccnc1)N1CCCC1. The molecule has 2 aromatic rings. The Morgan fingerprint density at radius 1 is 1.05 bits per heavy atom. The highest BCUT2D eigenvalue weighted by Gasteiger charge is 2.21. The van der Waals surface area contributed by atoms with Crippen LogP contribution in [0.4, 0.5) is 0 Å². The number of amides is 1. The Kier molecular flexibility index (Phi) is 3.27. The lowest BCUT2D eigenvalue weighted by molar-refractivity contribution is 0.0793. The van der Waals surface area contributed by atoms with Crippen LogP contribution in [0.25, 0.3) is 11.1 Å². The fourth-order valence-electron chi connectivity index (χ4n) is 2.53. The first-order valence-electron chi connectivity index (χ1n) is 6.65. The molecular weight excluding hydrogens is 236 g/mol. The molecule has 0 unspecified atom stereocenters. The quantitative estimate of drug-likeness (QED) is 0.823. The van der Waals surface area contributed by atoms with Crippen molar-refractivity contribution in [2.24, 2.45) is 0 Å². The predicted octanol–water partition coefficient (Wildman–Crippen LogP) is 2.98. The highest BCUT2D eigenvalue weighted by Crippen LogP contribution is 2.25. The summed E-state index contributed by atoms with van der Waals surface area (Å²) >= 11 is 0. The van der Waals surface area contributed by atoms with E-state index in [0.29, 0.717) is 0 Å². The molecule has 0 bridgehead atoms. The number of carbonyl (C=O) groups excluding carboxylic acids is 1. The number of benzene rings is 1. The van der Waals surface area contributed by atoms with Crippen molar-refractivity contribution in [1.29, 1.82) is 0 Å². The smallest absolute Gasteiger partial charge is 0.254 e. The Balaban J connectivity index is 2.00. The highest BCUT2D eigenvalue weighted by molar-refractivity contribution is 6.00. The molecule has 2 heterocycles. The lowest BCUT2D eigenvalue weighted by Crippen LogP contribution is -2.28. The average molecular weight is 252 g/mol. The van der Waals surface area contributed by atoms with Crippen molar-refractivity contribution < 1.29 is 4.79 Å². The molecule has 3 heteroatoms. The first-order chi connectivity index (χ1) is 9.36. The van der Waals surface area contributed by atoms with Gasteiger partial charge in [0.2, 0.25) is 0 Å². The van der Waals surface area contributed by atoms with Gasteiger partial charge in [0, 0.05) is 36.6 Å². The molecule has 0 N–H and O–H groups in total. The number of hydrogen-bond donors (Lipinski definition) is 0. The largest absolute Gasteiger partial charge is 0.339 e. The van der Waals surface area contributed by atoms with Crippen LogP contribution in [-0.4, -0.2) is 28.9 Å².